The quantitative estimate of drug-likeness (QED) is 0.844. The van der Waals surface area contributed by atoms with Crippen molar-refractivity contribution in [3.8, 4) is 0 Å². The standard InChI is InChI=1S/C17H28F2N2O2/c1-15(2,3)23-14(22)21-9-11-8-12(21)13(11)16(10-20)4-6-17(18,19)7-5-16/h11-13H,4-10,20H2,1-3H3/t11-,12-,13?/m0/s1. The fourth-order valence-electron chi connectivity index (χ4n) is 4.84. The van der Waals surface area contributed by atoms with Crippen LogP contribution in [0.5, 0.6) is 0 Å². The molecule has 4 aliphatic rings. The molecule has 6 heteroatoms. The van der Waals surface area contributed by atoms with Crippen LogP contribution < -0.4 is 5.73 Å². The van der Waals surface area contributed by atoms with Crippen LogP contribution in [-0.2, 0) is 4.74 Å². The monoisotopic (exact) mass is 330 g/mol. The first-order chi connectivity index (χ1) is 10.6. The maximum Gasteiger partial charge on any atom is 0.410 e. The molecule has 3 atom stereocenters. The highest BCUT2D eigenvalue weighted by molar-refractivity contribution is 5.70. The van der Waals surface area contributed by atoms with Crippen molar-refractivity contribution in [2.45, 2.75) is 70.4 Å². The van der Waals surface area contributed by atoms with Crippen molar-refractivity contribution in [1.82, 2.24) is 4.90 Å². The third-order valence-corrected chi connectivity index (χ3v) is 6.02. The lowest BCUT2D eigenvalue weighted by Crippen LogP contribution is -2.55. The van der Waals surface area contributed by atoms with Gasteiger partial charge in [-0.3, -0.25) is 0 Å². The number of halogens is 2. The third-order valence-electron chi connectivity index (χ3n) is 6.02. The molecule has 2 heterocycles. The number of nitrogens with two attached hydrogens (primary N) is 1. The van der Waals surface area contributed by atoms with Gasteiger partial charge in [-0.1, -0.05) is 0 Å². The summed E-state index contributed by atoms with van der Waals surface area (Å²) >= 11 is 0. The zero-order valence-corrected chi connectivity index (χ0v) is 14.3. The predicted molar refractivity (Wildman–Crippen MR) is 83.2 cm³/mol. The van der Waals surface area contributed by atoms with E-state index in [1.807, 2.05) is 25.7 Å². The average molecular weight is 330 g/mol. The second-order valence-corrected chi connectivity index (χ2v) is 8.64. The van der Waals surface area contributed by atoms with Crippen molar-refractivity contribution in [2.75, 3.05) is 13.1 Å². The maximum atomic E-state index is 13.5. The normalized spacial score (nSPS) is 34.9. The van der Waals surface area contributed by atoms with Crippen LogP contribution in [0, 0.1) is 17.3 Å². The number of nitrogens with zero attached hydrogens (tertiary/aromatic N) is 1. The van der Waals surface area contributed by atoms with Crippen molar-refractivity contribution in [3.63, 3.8) is 0 Å². The summed E-state index contributed by atoms with van der Waals surface area (Å²) in [7, 11) is 0. The number of hydrogen-bond acceptors (Lipinski definition) is 3. The van der Waals surface area contributed by atoms with Crippen LogP contribution in [0.3, 0.4) is 0 Å². The molecule has 0 aromatic carbocycles. The molecule has 4 fully saturated rings. The smallest absolute Gasteiger partial charge is 0.410 e. The van der Waals surface area contributed by atoms with Crippen LogP contribution in [0.2, 0.25) is 0 Å². The minimum absolute atomic E-state index is 0.0768. The van der Waals surface area contributed by atoms with Gasteiger partial charge in [-0.2, -0.15) is 0 Å². The van der Waals surface area contributed by atoms with E-state index in [0.29, 0.717) is 31.8 Å². The number of carbonyl (C=O) groups excluding carboxylic acids is 1. The summed E-state index contributed by atoms with van der Waals surface area (Å²) < 4.78 is 32.6. The lowest BCUT2D eigenvalue weighted by Gasteiger charge is -2.52. The van der Waals surface area contributed by atoms with E-state index in [4.69, 9.17) is 10.5 Å². The molecule has 2 N–H and O–H groups in total. The van der Waals surface area contributed by atoms with Gasteiger partial charge in [-0.05, 0) is 63.8 Å². The number of carbonyl (C=O) groups is 1. The van der Waals surface area contributed by atoms with Gasteiger partial charge in [0.25, 0.3) is 0 Å². The summed E-state index contributed by atoms with van der Waals surface area (Å²) in [6.07, 6.45) is 1.47. The highest BCUT2D eigenvalue weighted by atomic mass is 19.3. The molecular formula is C17H28F2N2O2. The molecule has 0 aromatic heterocycles. The number of amides is 1. The molecule has 1 amide bonds. The van der Waals surface area contributed by atoms with E-state index in [0.717, 1.165) is 6.42 Å². The van der Waals surface area contributed by atoms with Crippen molar-refractivity contribution >= 4 is 6.09 Å². The zero-order chi connectivity index (χ0) is 17.0. The first-order valence-corrected chi connectivity index (χ1v) is 8.64. The molecule has 0 spiro atoms. The van der Waals surface area contributed by atoms with Crippen LogP contribution in [0.15, 0.2) is 0 Å². The summed E-state index contributed by atoms with van der Waals surface area (Å²) in [4.78, 5) is 14.2. The number of hydrogen-bond donors (Lipinski definition) is 1. The van der Waals surface area contributed by atoms with Gasteiger partial charge >= 0.3 is 6.09 Å². The van der Waals surface area contributed by atoms with E-state index >= 15 is 0 Å². The number of rotatable bonds is 2. The molecule has 2 bridgehead atoms. The lowest BCUT2D eigenvalue weighted by atomic mass is 9.54. The summed E-state index contributed by atoms with van der Waals surface area (Å²) in [5.41, 5.74) is 5.29. The molecule has 2 aliphatic carbocycles. The molecule has 4 rings (SSSR count). The van der Waals surface area contributed by atoms with Gasteiger partial charge in [0.05, 0.1) is 0 Å². The molecule has 23 heavy (non-hydrogen) atoms. The summed E-state index contributed by atoms with van der Waals surface area (Å²) in [5, 5.41) is 0. The Morgan fingerprint density at radius 2 is 1.87 bits per heavy atom. The van der Waals surface area contributed by atoms with Gasteiger partial charge in [0.15, 0.2) is 0 Å². The van der Waals surface area contributed by atoms with Crippen LogP contribution in [-0.4, -0.2) is 41.6 Å². The van der Waals surface area contributed by atoms with Gasteiger partial charge < -0.3 is 15.4 Å². The highest BCUT2D eigenvalue weighted by Gasteiger charge is 2.62. The first-order valence-electron chi connectivity index (χ1n) is 8.64. The zero-order valence-electron chi connectivity index (χ0n) is 14.3. The van der Waals surface area contributed by atoms with Gasteiger partial charge in [-0.15, -0.1) is 0 Å². The lowest BCUT2D eigenvalue weighted by molar-refractivity contribution is -0.101. The molecule has 2 aliphatic heterocycles. The van der Waals surface area contributed by atoms with Crippen molar-refractivity contribution in [1.29, 1.82) is 0 Å². The largest absolute Gasteiger partial charge is 0.444 e. The molecule has 132 valence electrons. The van der Waals surface area contributed by atoms with Gasteiger partial charge in [0.1, 0.15) is 5.60 Å². The number of fused-ring (bicyclic) bond motifs is 1. The number of ether oxygens (including phenoxy) is 1. The summed E-state index contributed by atoms with van der Waals surface area (Å²) in [6, 6.07) is 0.116. The van der Waals surface area contributed by atoms with Crippen LogP contribution >= 0.6 is 0 Å². The number of alkyl halides is 2. The van der Waals surface area contributed by atoms with E-state index in [2.05, 4.69) is 0 Å². The summed E-state index contributed by atoms with van der Waals surface area (Å²) in [5.74, 6) is -1.90. The van der Waals surface area contributed by atoms with E-state index in [9.17, 15) is 13.6 Å². The SMILES string of the molecule is CC(C)(C)OC(=O)N1C[C@@H]2C[C@H]1C2C1(CN)CCC(F)(F)CC1. The Bertz CT molecular complexity index is 479. The molecular weight excluding hydrogens is 302 g/mol. The molecule has 0 radical (unpaired) electrons. The van der Waals surface area contributed by atoms with Gasteiger partial charge in [-0.25, -0.2) is 13.6 Å². The first kappa shape index (κ1) is 16.9. The van der Waals surface area contributed by atoms with Crippen molar-refractivity contribution < 1.29 is 18.3 Å². The Hall–Kier alpha value is -0.910. The minimum atomic E-state index is -2.55. The fourth-order valence-corrected chi connectivity index (χ4v) is 4.84. The van der Waals surface area contributed by atoms with Crippen LogP contribution in [0.4, 0.5) is 13.6 Å². The van der Waals surface area contributed by atoms with E-state index in [1.165, 1.54) is 0 Å². The Balaban J connectivity index is 1.70. The van der Waals surface area contributed by atoms with Crippen LogP contribution in [0.25, 0.3) is 0 Å². The van der Waals surface area contributed by atoms with Crippen molar-refractivity contribution in [3.05, 3.63) is 0 Å². The van der Waals surface area contributed by atoms with Gasteiger partial charge in [0, 0.05) is 25.4 Å². The molecule has 2 saturated carbocycles. The molecule has 0 aromatic rings. The topological polar surface area (TPSA) is 55.6 Å². The van der Waals surface area contributed by atoms with E-state index in [1.54, 1.807) is 0 Å². The Morgan fingerprint density at radius 3 is 2.39 bits per heavy atom. The average Bonchev–Trinajstić information content (AvgIpc) is 2.99. The maximum absolute atomic E-state index is 13.5. The molecule has 4 nitrogen and oxygen atoms in total. The Kier molecular flexibility index (Phi) is 3.90. The van der Waals surface area contributed by atoms with E-state index < -0.39 is 11.5 Å². The van der Waals surface area contributed by atoms with Crippen molar-refractivity contribution in [2.24, 2.45) is 23.0 Å². The Labute approximate surface area is 136 Å². The van der Waals surface area contributed by atoms with Crippen LogP contribution in [0.1, 0.15) is 52.9 Å². The highest BCUT2D eigenvalue weighted by Crippen LogP contribution is 2.60. The second kappa shape index (κ2) is 5.30. The third kappa shape index (κ3) is 2.94. The molecule has 2 saturated heterocycles. The molecule has 1 unspecified atom stereocenters. The fraction of sp³-hybridized carbons (Fsp3) is 0.941. The van der Waals surface area contributed by atoms with E-state index in [-0.39, 0.29) is 36.3 Å². The Morgan fingerprint density at radius 1 is 1.26 bits per heavy atom. The second-order valence-electron chi connectivity index (χ2n) is 8.64. The summed E-state index contributed by atoms with van der Waals surface area (Å²) in [6.45, 7) is 6.68. The predicted octanol–water partition coefficient (Wildman–Crippen LogP) is 3.40. The van der Waals surface area contributed by atoms with Gasteiger partial charge in [0.2, 0.25) is 5.92 Å². The minimum Gasteiger partial charge on any atom is -0.444 e.